The molecule has 0 saturated carbocycles. The normalized spacial score (nSPS) is 10.1. The maximum absolute atomic E-state index is 11.9. The van der Waals surface area contributed by atoms with Gasteiger partial charge in [0.05, 0.1) is 5.56 Å². The summed E-state index contributed by atoms with van der Waals surface area (Å²) in [4.78, 5) is 11.9. The largest absolute Gasteiger partial charge is 0.619 e. The van der Waals surface area contributed by atoms with Crippen molar-refractivity contribution in [1.29, 1.82) is 0 Å². The van der Waals surface area contributed by atoms with E-state index in [0.29, 0.717) is 10.3 Å². The van der Waals surface area contributed by atoms with Gasteiger partial charge in [0.25, 0.3) is 5.91 Å². The van der Waals surface area contributed by atoms with Crippen LogP contribution in [0.5, 0.6) is 0 Å². The van der Waals surface area contributed by atoms with Gasteiger partial charge in [0.15, 0.2) is 12.4 Å². The Morgan fingerprint density at radius 1 is 1.11 bits per heavy atom. The maximum Gasteiger partial charge on any atom is 0.256 e. The van der Waals surface area contributed by atoms with E-state index in [1.807, 2.05) is 32.0 Å². The summed E-state index contributed by atoms with van der Waals surface area (Å²) in [5, 5.41) is 13.7. The average Bonchev–Trinajstić information content (AvgIpc) is 2.28. The zero-order valence-electron chi connectivity index (χ0n) is 10.3. The fourth-order valence-corrected chi connectivity index (χ4v) is 1.81. The Morgan fingerprint density at radius 2 is 1.67 bits per heavy atom. The number of benzene rings is 1. The number of hydrogen-bond donors (Lipinski definition) is 1. The quantitative estimate of drug-likeness (QED) is 0.648. The van der Waals surface area contributed by atoms with Crippen molar-refractivity contribution in [2.45, 2.75) is 13.8 Å². The SMILES string of the molecule is Cc1cc(C)cc(NC(=O)c2cc[n+]([O-])cc2)c1. The number of nitrogens with one attached hydrogen (secondary N) is 1. The highest BCUT2D eigenvalue weighted by molar-refractivity contribution is 6.04. The Labute approximate surface area is 105 Å². The van der Waals surface area contributed by atoms with Gasteiger partial charge in [-0.25, -0.2) is 0 Å². The molecule has 1 N–H and O–H groups in total. The van der Waals surface area contributed by atoms with Gasteiger partial charge >= 0.3 is 0 Å². The lowest BCUT2D eigenvalue weighted by molar-refractivity contribution is -0.605. The molecule has 2 rings (SSSR count). The molecule has 0 fully saturated rings. The molecule has 1 heterocycles. The molecule has 4 heteroatoms. The van der Waals surface area contributed by atoms with Gasteiger partial charge < -0.3 is 10.5 Å². The predicted octanol–water partition coefficient (Wildman–Crippen LogP) is 2.19. The van der Waals surface area contributed by atoms with E-state index < -0.39 is 0 Å². The van der Waals surface area contributed by atoms with Gasteiger partial charge in [-0.1, -0.05) is 6.07 Å². The monoisotopic (exact) mass is 242 g/mol. The summed E-state index contributed by atoms with van der Waals surface area (Å²) in [5.41, 5.74) is 3.41. The number of aryl methyl sites for hydroxylation is 2. The van der Waals surface area contributed by atoms with E-state index in [4.69, 9.17) is 0 Å². The average molecular weight is 242 g/mol. The number of hydrogen-bond acceptors (Lipinski definition) is 2. The first-order valence-electron chi connectivity index (χ1n) is 5.63. The fourth-order valence-electron chi connectivity index (χ4n) is 1.81. The van der Waals surface area contributed by atoms with Crippen LogP contribution in [-0.2, 0) is 0 Å². The Hall–Kier alpha value is -2.36. The number of amides is 1. The lowest BCUT2D eigenvalue weighted by Gasteiger charge is -2.07. The van der Waals surface area contributed by atoms with E-state index in [9.17, 15) is 10.0 Å². The Bertz CT molecular complexity index is 557. The zero-order valence-corrected chi connectivity index (χ0v) is 10.3. The third-order valence-electron chi connectivity index (χ3n) is 2.54. The molecule has 0 aliphatic rings. The van der Waals surface area contributed by atoms with Crippen LogP contribution in [0.3, 0.4) is 0 Å². The Balaban J connectivity index is 2.18. The van der Waals surface area contributed by atoms with E-state index in [1.54, 1.807) is 0 Å². The number of nitrogens with zero attached hydrogens (tertiary/aromatic N) is 1. The summed E-state index contributed by atoms with van der Waals surface area (Å²) in [7, 11) is 0. The van der Waals surface area contributed by atoms with Gasteiger partial charge in [-0.2, -0.15) is 4.73 Å². The molecule has 0 saturated heterocycles. The van der Waals surface area contributed by atoms with Crippen molar-refractivity contribution in [3.8, 4) is 0 Å². The minimum Gasteiger partial charge on any atom is -0.619 e. The molecule has 18 heavy (non-hydrogen) atoms. The molecule has 0 radical (unpaired) electrons. The van der Waals surface area contributed by atoms with Crippen molar-refractivity contribution in [2.75, 3.05) is 5.32 Å². The van der Waals surface area contributed by atoms with Crippen LogP contribution in [0.4, 0.5) is 5.69 Å². The fraction of sp³-hybridized carbons (Fsp3) is 0.143. The maximum atomic E-state index is 11.9. The smallest absolute Gasteiger partial charge is 0.256 e. The molecule has 0 spiro atoms. The van der Waals surface area contributed by atoms with Gasteiger partial charge in [0, 0.05) is 17.8 Å². The molecule has 1 aromatic heterocycles. The number of pyridine rings is 1. The minimum absolute atomic E-state index is 0.222. The summed E-state index contributed by atoms with van der Waals surface area (Å²) < 4.78 is 0.646. The van der Waals surface area contributed by atoms with Crippen molar-refractivity contribution < 1.29 is 9.52 Å². The number of aromatic nitrogens is 1. The first-order valence-corrected chi connectivity index (χ1v) is 5.63. The minimum atomic E-state index is -0.222. The lowest BCUT2D eigenvalue weighted by atomic mass is 10.1. The van der Waals surface area contributed by atoms with Crippen LogP contribution in [0.2, 0.25) is 0 Å². The molecule has 4 nitrogen and oxygen atoms in total. The van der Waals surface area contributed by atoms with Gasteiger partial charge in [-0.05, 0) is 37.1 Å². The van der Waals surface area contributed by atoms with E-state index in [1.165, 1.54) is 24.5 Å². The first-order chi connectivity index (χ1) is 8.54. The van der Waals surface area contributed by atoms with E-state index in [0.717, 1.165) is 16.8 Å². The first kappa shape index (κ1) is 12.1. The van der Waals surface area contributed by atoms with Crippen molar-refractivity contribution in [3.05, 3.63) is 64.6 Å². The van der Waals surface area contributed by atoms with E-state index in [2.05, 4.69) is 5.32 Å². The number of anilines is 1. The van der Waals surface area contributed by atoms with Crippen LogP contribution in [-0.4, -0.2) is 5.91 Å². The van der Waals surface area contributed by atoms with Crippen LogP contribution >= 0.6 is 0 Å². The molecular formula is C14H14N2O2. The van der Waals surface area contributed by atoms with Crippen molar-refractivity contribution in [2.24, 2.45) is 0 Å². The summed E-state index contributed by atoms with van der Waals surface area (Å²) in [6.07, 6.45) is 2.60. The van der Waals surface area contributed by atoms with Crippen molar-refractivity contribution in [1.82, 2.24) is 0 Å². The highest BCUT2D eigenvalue weighted by Crippen LogP contribution is 2.14. The number of carbonyl (C=O) groups excluding carboxylic acids is 1. The van der Waals surface area contributed by atoms with Gasteiger partial charge in [0.1, 0.15) is 0 Å². The van der Waals surface area contributed by atoms with Crippen LogP contribution in [0, 0.1) is 19.1 Å². The highest BCUT2D eigenvalue weighted by Gasteiger charge is 2.07. The van der Waals surface area contributed by atoms with E-state index in [-0.39, 0.29) is 5.91 Å². The summed E-state index contributed by atoms with van der Waals surface area (Å²) >= 11 is 0. The molecule has 92 valence electrons. The molecule has 0 atom stereocenters. The van der Waals surface area contributed by atoms with Crippen LogP contribution < -0.4 is 10.0 Å². The van der Waals surface area contributed by atoms with Crippen molar-refractivity contribution >= 4 is 11.6 Å². The molecule has 1 amide bonds. The van der Waals surface area contributed by atoms with Crippen LogP contribution in [0.1, 0.15) is 21.5 Å². The third kappa shape index (κ3) is 2.85. The standard InChI is InChI=1S/C14H14N2O2/c1-10-7-11(2)9-13(8-10)15-14(17)12-3-5-16(18)6-4-12/h3-9H,1-2H3,(H,15,17). The predicted molar refractivity (Wildman–Crippen MR) is 69.3 cm³/mol. The van der Waals surface area contributed by atoms with Gasteiger partial charge in [0.2, 0.25) is 0 Å². The Kier molecular flexibility index (Phi) is 3.28. The second kappa shape index (κ2) is 4.87. The zero-order chi connectivity index (χ0) is 13.1. The molecular weight excluding hydrogens is 228 g/mol. The highest BCUT2D eigenvalue weighted by atomic mass is 16.5. The topological polar surface area (TPSA) is 56.0 Å². The second-order valence-electron chi connectivity index (χ2n) is 4.28. The molecule has 0 aliphatic heterocycles. The second-order valence-corrected chi connectivity index (χ2v) is 4.28. The number of rotatable bonds is 2. The summed E-state index contributed by atoms with van der Waals surface area (Å²) in [6, 6.07) is 8.83. The molecule has 0 aliphatic carbocycles. The molecule has 0 unspecified atom stereocenters. The molecule has 1 aromatic carbocycles. The van der Waals surface area contributed by atoms with Crippen molar-refractivity contribution in [3.63, 3.8) is 0 Å². The van der Waals surface area contributed by atoms with Crippen LogP contribution in [0.15, 0.2) is 42.7 Å². The molecule has 2 aromatic rings. The van der Waals surface area contributed by atoms with E-state index >= 15 is 0 Å². The van der Waals surface area contributed by atoms with Gasteiger partial charge in [-0.3, -0.25) is 4.79 Å². The summed E-state index contributed by atoms with van der Waals surface area (Å²) in [6.45, 7) is 3.96. The lowest BCUT2D eigenvalue weighted by Crippen LogP contribution is -2.25. The Morgan fingerprint density at radius 3 is 2.22 bits per heavy atom. The third-order valence-corrected chi connectivity index (χ3v) is 2.54. The summed E-state index contributed by atoms with van der Waals surface area (Å²) in [5.74, 6) is -0.222. The number of carbonyl (C=O) groups is 1. The molecule has 0 bridgehead atoms. The van der Waals surface area contributed by atoms with Gasteiger partial charge in [-0.15, -0.1) is 0 Å². The van der Waals surface area contributed by atoms with Crippen LogP contribution in [0.25, 0.3) is 0 Å².